The Hall–Kier alpha value is -1.15. The Labute approximate surface area is 114 Å². The predicted octanol–water partition coefficient (Wildman–Crippen LogP) is 0.249. The van der Waals surface area contributed by atoms with Crippen LogP contribution in [0.2, 0.25) is 0 Å². The van der Waals surface area contributed by atoms with Gasteiger partial charge in [-0.25, -0.2) is 13.1 Å². The Kier molecular flexibility index (Phi) is 6.23. The average Bonchev–Trinajstić information content (AvgIpc) is 2.34. The highest BCUT2D eigenvalue weighted by Crippen LogP contribution is 2.13. The fraction of sp³-hybridized carbons (Fsp3) is 0.500. The van der Waals surface area contributed by atoms with Gasteiger partial charge >= 0.3 is 0 Å². The van der Waals surface area contributed by atoms with E-state index in [1.54, 1.807) is 0 Å². The summed E-state index contributed by atoms with van der Waals surface area (Å²) in [5.74, 6) is 0.0333. The normalized spacial score (nSPS) is 11.9. The van der Waals surface area contributed by atoms with Gasteiger partial charge in [-0.3, -0.25) is 0 Å². The third-order valence-corrected chi connectivity index (χ3v) is 3.85. The van der Waals surface area contributed by atoms with E-state index in [2.05, 4.69) is 4.72 Å². The maximum Gasteiger partial charge on any atom is 0.240 e. The number of nitrogens with zero attached hydrogens (tertiary/aromatic N) is 1. The van der Waals surface area contributed by atoms with Crippen LogP contribution in [0.25, 0.3) is 0 Å². The first kappa shape index (κ1) is 15.9. The Morgan fingerprint density at radius 2 is 1.84 bits per heavy atom. The topological polar surface area (TPSA) is 78.9 Å². The van der Waals surface area contributed by atoms with E-state index in [0.29, 0.717) is 13.2 Å². The molecule has 0 aliphatic heterocycles. The summed E-state index contributed by atoms with van der Waals surface area (Å²) < 4.78 is 31.4. The lowest BCUT2D eigenvalue weighted by molar-refractivity contribution is 0.122. The van der Waals surface area contributed by atoms with Gasteiger partial charge in [0.25, 0.3) is 0 Å². The van der Waals surface area contributed by atoms with Crippen molar-refractivity contribution in [3.8, 4) is 5.75 Å². The van der Waals surface area contributed by atoms with Crippen molar-refractivity contribution in [3.05, 3.63) is 24.3 Å². The second-order valence-electron chi connectivity index (χ2n) is 4.31. The van der Waals surface area contributed by atoms with Crippen LogP contribution in [0.5, 0.6) is 5.75 Å². The van der Waals surface area contributed by atoms with Crippen molar-refractivity contribution >= 4 is 10.0 Å². The zero-order valence-corrected chi connectivity index (χ0v) is 12.0. The summed E-state index contributed by atoms with van der Waals surface area (Å²) in [4.78, 5) is 2.11. The van der Waals surface area contributed by atoms with Crippen molar-refractivity contribution in [1.82, 2.24) is 9.62 Å². The largest absolute Gasteiger partial charge is 0.508 e. The number of hydrogen-bond donors (Lipinski definition) is 2. The number of hydrogen-bond acceptors (Lipinski definition) is 5. The van der Waals surface area contributed by atoms with E-state index in [0.717, 1.165) is 6.54 Å². The first-order valence-corrected chi connectivity index (χ1v) is 7.41. The van der Waals surface area contributed by atoms with Crippen LogP contribution in [0.4, 0.5) is 0 Å². The molecule has 19 heavy (non-hydrogen) atoms. The molecule has 0 aliphatic carbocycles. The van der Waals surface area contributed by atoms with Crippen LogP contribution in [-0.2, 0) is 14.8 Å². The van der Waals surface area contributed by atoms with E-state index in [-0.39, 0.29) is 17.2 Å². The Balaban J connectivity index is 2.33. The molecule has 0 radical (unpaired) electrons. The van der Waals surface area contributed by atoms with Crippen molar-refractivity contribution in [3.63, 3.8) is 0 Å². The summed E-state index contributed by atoms with van der Waals surface area (Å²) in [6, 6.07) is 5.37. The van der Waals surface area contributed by atoms with Gasteiger partial charge in [-0.1, -0.05) is 0 Å². The molecular formula is C12H20N2O4S. The van der Waals surface area contributed by atoms with Crippen LogP contribution >= 0.6 is 0 Å². The number of phenols is 1. The Morgan fingerprint density at radius 3 is 2.42 bits per heavy atom. The number of likely N-dealkylation sites (N-methyl/N-ethyl adjacent to an activating group) is 1. The van der Waals surface area contributed by atoms with Gasteiger partial charge in [0, 0.05) is 13.1 Å². The zero-order valence-electron chi connectivity index (χ0n) is 11.2. The minimum absolute atomic E-state index is 0.0333. The summed E-state index contributed by atoms with van der Waals surface area (Å²) in [7, 11) is 0.351. The SMILES string of the molecule is CN(C)CCOCCNS(=O)(=O)c1ccc(O)cc1. The van der Waals surface area contributed by atoms with Crippen molar-refractivity contribution in [2.45, 2.75) is 4.90 Å². The van der Waals surface area contributed by atoms with Gasteiger partial charge in [-0.05, 0) is 38.4 Å². The summed E-state index contributed by atoms with van der Waals surface area (Å²) in [5.41, 5.74) is 0. The predicted molar refractivity (Wildman–Crippen MR) is 72.7 cm³/mol. The minimum Gasteiger partial charge on any atom is -0.508 e. The first-order chi connectivity index (χ1) is 8.92. The summed E-state index contributed by atoms with van der Waals surface area (Å²) in [5, 5.41) is 9.10. The number of nitrogens with one attached hydrogen (secondary N) is 1. The van der Waals surface area contributed by atoms with E-state index >= 15 is 0 Å². The highest BCUT2D eigenvalue weighted by Gasteiger charge is 2.12. The van der Waals surface area contributed by atoms with Crippen LogP contribution in [0, 0.1) is 0 Å². The number of ether oxygens (including phenoxy) is 1. The fourth-order valence-electron chi connectivity index (χ4n) is 1.31. The molecule has 7 heteroatoms. The molecule has 1 rings (SSSR count). The molecule has 2 N–H and O–H groups in total. The molecule has 0 spiro atoms. The summed E-state index contributed by atoms with van der Waals surface area (Å²) in [6.07, 6.45) is 0. The van der Waals surface area contributed by atoms with Gasteiger partial charge in [0.2, 0.25) is 10.0 Å². The van der Waals surface area contributed by atoms with Crippen LogP contribution in [0.1, 0.15) is 0 Å². The average molecular weight is 288 g/mol. The monoisotopic (exact) mass is 288 g/mol. The Bertz CT molecular complexity index is 471. The van der Waals surface area contributed by atoms with Gasteiger partial charge in [0.1, 0.15) is 5.75 Å². The summed E-state index contributed by atoms with van der Waals surface area (Å²) in [6.45, 7) is 1.90. The maximum absolute atomic E-state index is 11.8. The molecule has 108 valence electrons. The van der Waals surface area contributed by atoms with Gasteiger partial charge in [0.15, 0.2) is 0 Å². The maximum atomic E-state index is 11.8. The molecule has 0 unspecified atom stereocenters. The van der Waals surface area contributed by atoms with Gasteiger partial charge < -0.3 is 14.7 Å². The van der Waals surface area contributed by atoms with Crippen molar-refractivity contribution in [2.75, 3.05) is 40.4 Å². The molecule has 1 aromatic carbocycles. The van der Waals surface area contributed by atoms with Crippen molar-refractivity contribution < 1.29 is 18.3 Å². The van der Waals surface area contributed by atoms with Crippen LogP contribution in [0.3, 0.4) is 0 Å². The van der Waals surface area contributed by atoms with Crippen LogP contribution < -0.4 is 4.72 Å². The molecular weight excluding hydrogens is 268 g/mol. The van der Waals surface area contributed by atoms with E-state index in [1.807, 2.05) is 19.0 Å². The van der Waals surface area contributed by atoms with Crippen molar-refractivity contribution in [2.24, 2.45) is 0 Å². The van der Waals surface area contributed by atoms with Gasteiger partial charge in [0.05, 0.1) is 18.1 Å². The second-order valence-corrected chi connectivity index (χ2v) is 6.07. The lowest BCUT2D eigenvalue weighted by Gasteiger charge is -2.10. The fourth-order valence-corrected chi connectivity index (χ4v) is 2.32. The molecule has 0 heterocycles. The van der Waals surface area contributed by atoms with Crippen molar-refractivity contribution in [1.29, 1.82) is 0 Å². The molecule has 0 saturated heterocycles. The highest BCUT2D eigenvalue weighted by molar-refractivity contribution is 7.89. The number of aromatic hydroxyl groups is 1. The third-order valence-electron chi connectivity index (χ3n) is 2.37. The number of rotatable bonds is 8. The quantitative estimate of drug-likeness (QED) is 0.670. The lowest BCUT2D eigenvalue weighted by atomic mass is 10.3. The number of benzene rings is 1. The number of phenolic OH excluding ortho intramolecular Hbond substituents is 1. The Morgan fingerprint density at radius 1 is 1.21 bits per heavy atom. The highest BCUT2D eigenvalue weighted by atomic mass is 32.2. The van der Waals surface area contributed by atoms with Gasteiger partial charge in [-0.15, -0.1) is 0 Å². The van der Waals surface area contributed by atoms with E-state index < -0.39 is 10.0 Å². The number of sulfonamides is 1. The minimum atomic E-state index is -3.53. The van der Waals surface area contributed by atoms with Gasteiger partial charge in [-0.2, -0.15) is 0 Å². The van der Waals surface area contributed by atoms with E-state index in [9.17, 15) is 8.42 Å². The first-order valence-electron chi connectivity index (χ1n) is 5.93. The third kappa shape index (κ3) is 6.02. The molecule has 1 aromatic rings. The van der Waals surface area contributed by atoms with Crippen LogP contribution in [-0.4, -0.2) is 58.8 Å². The molecule has 0 saturated carbocycles. The molecule has 0 fully saturated rings. The van der Waals surface area contributed by atoms with E-state index in [4.69, 9.17) is 9.84 Å². The van der Waals surface area contributed by atoms with Crippen LogP contribution in [0.15, 0.2) is 29.2 Å². The lowest BCUT2D eigenvalue weighted by Crippen LogP contribution is -2.28. The zero-order chi connectivity index (χ0) is 14.3. The molecule has 6 nitrogen and oxygen atoms in total. The molecule has 0 aliphatic rings. The molecule has 0 aromatic heterocycles. The molecule has 0 bridgehead atoms. The second kappa shape index (κ2) is 7.44. The molecule has 0 atom stereocenters. The van der Waals surface area contributed by atoms with E-state index in [1.165, 1.54) is 24.3 Å². The standard InChI is InChI=1S/C12H20N2O4S/c1-14(2)8-10-18-9-7-13-19(16,17)12-5-3-11(15)4-6-12/h3-6,13,15H,7-10H2,1-2H3. The summed E-state index contributed by atoms with van der Waals surface area (Å²) >= 11 is 0. The smallest absolute Gasteiger partial charge is 0.240 e. The molecule has 0 amide bonds.